The molecule has 0 radical (unpaired) electrons. The van der Waals surface area contributed by atoms with E-state index in [2.05, 4.69) is 49.6 Å². The average molecular weight is 192 g/mol. The monoisotopic (exact) mass is 192 g/mol. The summed E-state index contributed by atoms with van der Waals surface area (Å²) in [6, 6.07) is 0. The summed E-state index contributed by atoms with van der Waals surface area (Å²) in [4.78, 5) is 0. The smallest absolute Gasteiger partial charge is 0.00418 e. The predicted molar refractivity (Wildman–Crippen MR) is 64.4 cm³/mol. The Morgan fingerprint density at radius 1 is 0.867 bits per heavy atom. The second kappa shape index (κ2) is 2.83. The standard InChI is InChI=1S/C15H12/c1-10-7-9-14-13(10)5-3-4-12-8-6-11(2)15(12)14/h3-4,6-9H,1-2,5H2. The molecule has 0 saturated carbocycles. The average Bonchev–Trinajstić information content (AvgIpc) is 2.68. The van der Waals surface area contributed by atoms with Gasteiger partial charge in [-0.25, -0.2) is 0 Å². The molecule has 0 nitrogen and oxygen atoms in total. The number of allylic oxidation sites excluding steroid dienone is 12. The van der Waals surface area contributed by atoms with Crippen LogP contribution in [0.5, 0.6) is 0 Å². The van der Waals surface area contributed by atoms with Crippen LogP contribution in [0.25, 0.3) is 0 Å². The number of fused-ring (bicyclic) bond motifs is 1. The molecule has 0 aromatic carbocycles. The molecule has 3 aliphatic carbocycles. The molecular weight excluding hydrogens is 180 g/mol. The van der Waals surface area contributed by atoms with Crippen molar-refractivity contribution in [3.63, 3.8) is 0 Å². The lowest BCUT2D eigenvalue weighted by Gasteiger charge is -2.08. The maximum atomic E-state index is 4.09. The quantitative estimate of drug-likeness (QED) is 0.547. The van der Waals surface area contributed by atoms with Crippen LogP contribution < -0.4 is 0 Å². The zero-order chi connectivity index (χ0) is 10.4. The maximum absolute atomic E-state index is 4.09. The van der Waals surface area contributed by atoms with Crippen molar-refractivity contribution in [1.82, 2.24) is 0 Å². The summed E-state index contributed by atoms with van der Waals surface area (Å²) >= 11 is 0. The normalized spacial score (nSPS) is 22.7. The minimum atomic E-state index is 0.981. The van der Waals surface area contributed by atoms with E-state index in [0.29, 0.717) is 0 Å². The Labute approximate surface area is 90.0 Å². The molecule has 0 saturated heterocycles. The summed E-state index contributed by atoms with van der Waals surface area (Å²) in [6.45, 7) is 8.16. The summed E-state index contributed by atoms with van der Waals surface area (Å²) in [5.41, 5.74) is 7.49. The van der Waals surface area contributed by atoms with Gasteiger partial charge in [-0.1, -0.05) is 49.6 Å². The zero-order valence-corrected chi connectivity index (χ0v) is 8.59. The van der Waals surface area contributed by atoms with E-state index in [0.717, 1.165) is 17.6 Å². The molecule has 0 aromatic rings. The molecule has 0 spiro atoms. The van der Waals surface area contributed by atoms with E-state index in [-0.39, 0.29) is 0 Å². The summed E-state index contributed by atoms with van der Waals surface area (Å²) in [5, 5.41) is 0. The van der Waals surface area contributed by atoms with Crippen molar-refractivity contribution in [2.75, 3.05) is 0 Å². The Balaban J connectivity index is 2.26. The summed E-state index contributed by atoms with van der Waals surface area (Å²) in [7, 11) is 0. The first-order valence-corrected chi connectivity index (χ1v) is 5.16. The second-order valence-electron chi connectivity index (χ2n) is 4.05. The molecule has 15 heavy (non-hydrogen) atoms. The van der Waals surface area contributed by atoms with E-state index in [4.69, 9.17) is 0 Å². The van der Waals surface area contributed by atoms with E-state index < -0.39 is 0 Å². The SMILES string of the molecule is C=C1C=CC2=C1CC=CC1=C2C(=C)C=C1. The Bertz CT molecular complexity index is 528. The second-order valence-corrected chi connectivity index (χ2v) is 4.05. The van der Waals surface area contributed by atoms with Crippen LogP contribution in [0.1, 0.15) is 6.42 Å². The fourth-order valence-corrected chi connectivity index (χ4v) is 2.35. The lowest BCUT2D eigenvalue weighted by atomic mass is 9.96. The third-order valence-electron chi connectivity index (χ3n) is 3.13. The van der Waals surface area contributed by atoms with Crippen molar-refractivity contribution in [1.29, 1.82) is 0 Å². The van der Waals surface area contributed by atoms with Crippen LogP contribution in [-0.2, 0) is 0 Å². The Kier molecular flexibility index (Phi) is 1.60. The van der Waals surface area contributed by atoms with Crippen molar-refractivity contribution in [2.24, 2.45) is 0 Å². The lowest BCUT2D eigenvalue weighted by molar-refractivity contribution is 1.25. The minimum Gasteiger partial charge on any atom is -0.0915 e. The van der Waals surface area contributed by atoms with Crippen LogP contribution in [-0.4, -0.2) is 0 Å². The van der Waals surface area contributed by atoms with Crippen molar-refractivity contribution < 1.29 is 0 Å². The molecule has 0 unspecified atom stereocenters. The van der Waals surface area contributed by atoms with Gasteiger partial charge in [0, 0.05) is 0 Å². The fraction of sp³-hybridized carbons (Fsp3) is 0.0667. The Hall–Kier alpha value is -1.82. The zero-order valence-electron chi connectivity index (χ0n) is 8.59. The third kappa shape index (κ3) is 1.08. The van der Waals surface area contributed by atoms with Gasteiger partial charge in [0.25, 0.3) is 0 Å². The first kappa shape index (κ1) is 8.49. The maximum Gasteiger partial charge on any atom is -0.00418 e. The van der Waals surface area contributed by atoms with E-state index in [1.807, 2.05) is 0 Å². The van der Waals surface area contributed by atoms with Gasteiger partial charge >= 0.3 is 0 Å². The molecule has 0 N–H and O–H groups in total. The molecule has 0 atom stereocenters. The largest absolute Gasteiger partial charge is 0.0915 e. The summed E-state index contributed by atoms with van der Waals surface area (Å²) in [5.74, 6) is 0. The van der Waals surface area contributed by atoms with Crippen LogP contribution in [0, 0.1) is 0 Å². The number of rotatable bonds is 0. The van der Waals surface area contributed by atoms with Gasteiger partial charge in [0.1, 0.15) is 0 Å². The van der Waals surface area contributed by atoms with Gasteiger partial charge in [-0.2, -0.15) is 0 Å². The molecule has 3 rings (SSSR count). The van der Waals surface area contributed by atoms with Crippen LogP contribution in [0.4, 0.5) is 0 Å². The highest BCUT2D eigenvalue weighted by atomic mass is 14.3. The van der Waals surface area contributed by atoms with Crippen LogP contribution >= 0.6 is 0 Å². The van der Waals surface area contributed by atoms with Gasteiger partial charge in [0.2, 0.25) is 0 Å². The molecule has 3 aliphatic rings. The fourth-order valence-electron chi connectivity index (χ4n) is 2.35. The first-order valence-electron chi connectivity index (χ1n) is 5.16. The Morgan fingerprint density at radius 3 is 2.53 bits per heavy atom. The molecule has 0 aliphatic heterocycles. The summed E-state index contributed by atoms with van der Waals surface area (Å²) in [6.07, 6.45) is 13.9. The molecular formula is C15H12. The van der Waals surface area contributed by atoms with Gasteiger partial charge in [0.15, 0.2) is 0 Å². The number of hydrogen-bond acceptors (Lipinski definition) is 0. The minimum absolute atomic E-state index is 0.981. The highest BCUT2D eigenvalue weighted by Crippen LogP contribution is 2.40. The first-order chi connectivity index (χ1) is 7.27. The van der Waals surface area contributed by atoms with E-state index >= 15 is 0 Å². The van der Waals surface area contributed by atoms with Crippen molar-refractivity contribution in [2.45, 2.75) is 6.42 Å². The topological polar surface area (TPSA) is 0 Å². The molecule has 0 fully saturated rings. The van der Waals surface area contributed by atoms with Gasteiger partial charge in [0.05, 0.1) is 0 Å². The van der Waals surface area contributed by atoms with E-state index in [1.165, 1.54) is 22.3 Å². The highest BCUT2D eigenvalue weighted by molar-refractivity contribution is 5.73. The van der Waals surface area contributed by atoms with Crippen molar-refractivity contribution >= 4 is 0 Å². The van der Waals surface area contributed by atoms with Gasteiger partial charge in [-0.05, 0) is 39.9 Å². The van der Waals surface area contributed by atoms with Crippen molar-refractivity contribution in [3.8, 4) is 0 Å². The lowest BCUT2D eigenvalue weighted by Crippen LogP contribution is -1.90. The van der Waals surface area contributed by atoms with Crippen LogP contribution in [0.3, 0.4) is 0 Å². The van der Waals surface area contributed by atoms with Crippen LogP contribution in [0.2, 0.25) is 0 Å². The molecule has 0 aromatic heterocycles. The Morgan fingerprint density at radius 2 is 1.67 bits per heavy atom. The molecule has 0 amide bonds. The third-order valence-corrected chi connectivity index (χ3v) is 3.13. The molecule has 0 heteroatoms. The van der Waals surface area contributed by atoms with E-state index in [1.54, 1.807) is 0 Å². The molecule has 72 valence electrons. The molecule has 0 bridgehead atoms. The van der Waals surface area contributed by atoms with Gasteiger partial charge < -0.3 is 0 Å². The molecule has 0 heterocycles. The van der Waals surface area contributed by atoms with E-state index in [9.17, 15) is 0 Å². The van der Waals surface area contributed by atoms with Crippen LogP contribution in [0.15, 0.2) is 83.1 Å². The van der Waals surface area contributed by atoms with Crippen molar-refractivity contribution in [3.05, 3.63) is 83.1 Å². The number of hydrogen-bond donors (Lipinski definition) is 0. The van der Waals surface area contributed by atoms with Gasteiger partial charge in [-0.3, -0.25) is 0 Å². The highest BCUT2D eigenvalue weighted by Gasteiger charge is 2.22. The van der Waals surface area contributed by atoms with Gasteiger partial charge in [-0.15, -0.1) is 0 Å². The summed E-state index contributed by atoms with van der Waals surface area (Å²) < 4.78 is 0. The predicted octanol–water partition coefficient (Wildman–Crippen LogP) is 3.79.